The van der Waals surface area contributed by atoms with Gasteiger partial charge in [0.05, 0.1) is 34.1 Å². The van der Waals surface area contributed by atoms with Gasteiger partial charge in [-0.2, -0.15) is 0 Å². The molecule has 0 amide bonds. The van der Waals surface area contributed by atoms with E-state index in [0.29, 0.717) is 0 Å². The molecule has 9 rings (SSSR count). The molecule has 0 saturated carbocycles. The molecule has 58 heavy (non-hydrogen) atoms. The summed E-state index contributed by atoms with van der Waals surface area (Å²) >= 11 is 5.67. The lowest BCUT2D eigenvalue weighted by Gasteiger charge is -2.36. The molecule has 0 radical (unpaired) electrons. The highest BCUT2D eigenvalue weighted by Crippen LogP contribution is 2.57. The van der Waals surface area contributed by atoms with Crippen molar-refractivity contribution in [2.24, 2.45) is 0 Å². The second kappa shape index (κ2) is 13.7. The van der Waals surface area contributed by atoms with Gasteiger partial charge in [0.25, 0.3) is 0 Å². The van der Waals surface area contributed by atoms with E-state index in [4.69, 9.17) is 0 Å². The molecule has 6 aromatic carbocycles. The van der Waals surface area contributed by atoms with Crippen LogP contribution in [0.15, 0.2) is 139 Å². The van der Waals surface area contributed by atoms with Crippen molar-refractivity contribution in [3.05, 3.63) is 131 Å². The third-order valence-corrected chi connectivity index (χ3v) is 14.9. The van der Waals surface area contributed by atoms with E-state index in [1.54, 1.807) is 0 Å². The molecule has 3 heterocycles. The topological polar surface area (TPSA) is 18.5 Å². The number of anilines is 8. The summed E-state index contributed by atoms with van der Waals surface area (Å²) < 4.78 is 0. The standard InChI is InChI=1S/C52H55N3S3/c1-49(2,3)31-13-21-39-45(25-31)57-46-26-32(50(4,5)6)14-22-40(46)54(39)35-17-19-37-43(29-35)56-44-30-36(18-20-38(44)53-37)55-41-23-15-33(51(7,8)9)27-47(41)58-48-28-34(52(10,11)12)16-24-42(48)55/h13-30,53H,1-12H3. The average Bonchev–Trinajstić information content (AvgIpc) is 3.15. The largest absolute Gasteiger partial charge is 0.354 e. The third-order valence-electron chi connectivity index (χ3n) is 11.6. The first-order valence-corrected chi connectivity index (χ1v) is 22.9. The van der Waals surface area contributed by atoms with Crippen LogP contribution in [0.5, 0.6) is 0 Å². The van der Waals surface area contributed by atoms with Gasteiger partial charge in [-0.1, -0.05) is 143 Å². The van der Waals surface area contributed by atoms with Crippen molar-refractivity contribution < 1.29 is 0 Å². The van der Waals surface area contributed by atoms with E-state index in [9.17, 15) is 0 Å². The van der Waals surface area contributed by atoms with Crippen molar-refractivity contribution in [1.29, 1.82) is 0 Å². The lowest BCUT2D eigenvalue weighted by molar-refractivity contribution is 0.587. The molecule has 1 N–H and O–H groups in total. The summed E-state index contributed by atoms with van der Waals surface area (Å²) in [5, 5.41) is 3.81. The minimum Gasteiger partial charge on any atom is -0.354 e. The third kappa shape index (κ3) is 7.03. The van der Waals surface area contributed by atoms with E-state index >= 15 is 0 Å². The summed E-state index contributed by atoms with van der Waals surface area (Å²) in [7, 11) is 0. The Balaban J connectivity index is 1.12. The van der Waals surface area contributed by atoms with Gasteiger partial charge >= 0.3 is 0 Å². The molecule has 0 unspecified atom stereocenters. The maximum atomic E-state index is 3.81. The molecule has 0 aliphatic carbocycles. The number of nitrogens with zero attached hydrogens (tertiary/aromatic N) is 2. The fourth-order valence-corrected chi connectivity index (χ4v) is 11.3. The SMILES string of the molecule is CC(C)(C)c1ccc2c(c1)Sc1cc(C(C)(C)C)ccc1N2c1ccc2c(c1)Sc1cc(N3c4ccc(C(C)(C)C)cc4Sc4cc(C(C)(C)C)ccc43)ccc1N2. The van der Waals surface area contributed by atoms with E-state index in [2.05, 4.69) is 207 Å². The highest BCUT2D eigenvalue weighted by Gasteiger charge is 2.32. The second-order valence-electron chi connectivity index (χ2n) is 20.2. The monoisotopic (exact) mass is 817 g/mol. The lowest BCUT2D eigenvalue weighted by Crippen LogP contribution is -2.19. The molecule has 3 aliphatic heterocycles. The molecular weight excluding hydrogens is 763 g/mol. The Morgan fingerprint density at radius 1 is 0.328 bits per heavy atom. The minimum atomic E-state index is 0.0657. The fraction of sp³-hybridized carbons (Fsp3) is 0.308. The maximum absolute atomic E-state index is 3.81. The van der Waals surface area contributed by atoms with Gasteiger partial charge < -0.3 is 15.1 Å². The van der Waals surface area contributed by atoms with Crippen molar-refractivity contribution in [3.63, 3.8) is 0 Å². The van der Waals surface area contributed by atoms with Gasteiger partial charge in [-0.05, 0) is 129 Å². The highest BCUT2D eigenvalue weighted by atomic mass is 32.2. The first-order chi connectivity index (χ1) is 27.2. The Bertz CT molecular complexity index is 2320. The number of fused-ring (bicyclic) bond motifs is 6. The van der Waals surface area contributed by atoms with E-state index in [1.165, 1.54) is 85.8 Å². The van der Waals surface area contributed by atoms with Crippen LogP contribution in [0.4, 0.5) is 45.5 Å². The van der Waals surface area contributed by atoms with Crippen LogP contribution in [0.1, 0.15) is 105 Å². The Hall–Kier alpha value is -4.23. The zero-order chi connectivity index (χ0) is 41.1. The molecule has 0 atom stereocenters. The number of rotatable bonds is 2. The smallest absolute Gasteiger partial charge is 0.0601 e. The predicted molar refractivity (Wildman–Crippen MR) is 253 cm³/mol. The molecule has 0 fully saturated rings. The molecule has 3 aliphatic rings. The molecule has 0 saturated heterocycles. The van der Waals surface area contributed by atoms with Gasteiger partial charge in [-0.3, -0.25) is 0 Å². The highest BCUT2D eigenvalue weighted by molar-refractivity contribution is 8.00. The Kier molecular flexibility index (Phi) is 9.24. The van der Waals surface area contributed by atoms with Gasteiger partial charge in [-0.25, -0.2) is 0 Å². The zero-order valence-electron chi connectivity index (χ0n) is 36.0. The normalized spacial score (nSPS) is 14.8. The van der Waals surface area contributed by atoms with Crippen LogP contribution in [-0.4, -0.2) is 0 Å². The Labute approximate surface area is 359 Å². The fourth-order valence-electron chi connectivity index (χ4n) is 7.98. The van der Waals surface area contributed by atoms with Crippen LogP contribution in [0, 0.1) is 0 Å². The summed E-state index contributed by atoms with van der Waals surface area (Å²) in [5.41, 5.74) is 15.2. The van der Waals surface area contributed by atoms with Gasteiger partial charge in [-0.15, -0.1) is 0 Å². The van der Waals surface area contributed by atoms with E-state index in [0.717, 1.165) is 11.4 Å². The van der Waals surface area contributed by atoms with Gasteiger partial charge in [0.15, 0.2) is 0 Å². The van der Waals surface area contributed by atoms with Crippen molar-refractivity contribution in [2.45, 2.75) is 134 Å². The lowest BCUT2D eigenvalue weighted by atomic mass is 9.86. The number of nitrogens with one attached hydrogen (secondary N) is 1. The quantitative estimate of drug-likeness (QED) is 0.186. The van der Waals surface area contributed by atoms with Crippen molar-refractivity contribution in [2.75, 3.05) is 15.1 Å². The Morgan fingerprint density at radius 2 is 0.603 bits per heavy atom. The zero-order valence-corrected chi connectivity index (χ0v) is 38.5. The number of hydrogen-bond donors (Lipinski definition) is 1. The predicted octanol–water partition coefficient (Wildman–Crippen LogP) is 17.0. The molecule has 3 nitrogen and oxygen atoms in total. The molecular formula is C52H55N3S3. The molecule has 0 aromatic heterocycles. The van der Waals surface area contributed by atoms with Crippen LogP contribution >= 0.6 is 35.3 Å². The van der Waals surface area contributed by atoms with E-state index in [1.807, 2.05) is 35.3 Å². The summed E-state index contributed by atoms with van der Waals surface area (Å²) in [6.45, 7) is 27.6. The maximum Gasteiger partial charge on any atom is 0.0601 e. The average molecular weight is 818 g/mol. The summed E-state index contributed by atoms with van der Waals surface area (Å²) in [6, 6.07) is 42.1. The molecule has 6 aromatic rings. The van der Waals surface area contributed by atoms with Crippen LogP contribution in [0.2, 0.25) is 0 Å². The molecule has 296 valence electrons. The van der Waals surface area contributed by atoms with Crippen LogP contribution in [0.25, 0.3) is 0 Å². The van der Waals surface area contributed by atoms with Gasteiger partial charge in [0.1, 0.15) is 0 Å². The van der Waals surface area contributed by atoms with Crippen molar-refractivity contribution >= 4 is 80.8 Å². The first-order valence-electron chi connectivity index (χ1n) is 20.5. The van der Waals surface area contributed by atoms with Gasteiger partial charge in [0, 0.05) is 40.7 Å². The van der Waals surface area contributed by atoms with Crippen molar-refractivity contribution in [1.82, 2.24) is 0 Å². The first kappa shape index (κ1) is 39.2. The molecule has 6 heteroatoms. The summed E-state index contributed by atoms with van der Waals surface area (Å²) in [4.78, 5) is 12.6. The van der Waals surface area contributed by atoms with E-state index < -0.39 is 0 Å². The summed E-state index contributed by atoms with van der Waals surface area (Å²) in [5.74, 6) is 0. The number of hydrogen-bond acceptors (Lipinski definition) is 6. The van der Waals surface area contributed by atoms with E-state index in [-0.39, 0.29) is 21.7 Å². The molecule has 0 spiro atoms. The minimum absolute atomic E-state index is 0.0657. The Morgan fingerprint density at radius 3 is 0.879 bits per heavy atom. The van der Waals surface area contributed by atoms with Crippen LogP contribution in [-0.2, 0) is 21.7 Å². The second-order valence-corrected chi connectivity index (χ2v) is 23.4. The summed E-state index contributed by atoms with van der Waals surface area (Å²) in [6.07, 6.45) is 0. The van der Waals surface area contributed by atoms with Gasteiger partial charge in [0.2, 0.25) is 0 Å². The number of benzene rings is 6. The molecule has 0 bridgehead atoms. The van der Waals surface area contributed by atoms with Crippen LogP contribution in [0.3, 0.4) is 0 Å². The van der Waals surface area contributed by atoms with Crippen LogP contribution < -0.4 is 15.1 Å². The van der Waals surface area contributed by atoms with Crippen molar-refractivity contribution in [3.8, 4) is 0 Å².